The van der Waals surface area contributed by atoms with Crippen molar-refractivity contribution in [3.05, 3.63) is 132 Å². The third-order valence-corrected chi connectivity index (χ3v) is 9.91. The first kappa shape index (κ1) is 36.3. The van der Waals surface area contributed by atoms with Crippen LogP contribution in [0, 0.1) is 31.9 Å². The molecule has 262 valence electrons. The Morgan fingerprint density at radius 2 is 1.61 bits per heavy atom. The molecule has 5 nitrogen and oxygen atoms in total. The van der Waals surface area contributed by atoms with Crippen molar-refractivity contribution in [1.29, 1.82) is 0 Å². The Morgan fingerprint density at radius 1 is 0.804 bits per heavy atom. The summed E-state index contributed by atoms with van der Waals surface area (Å²) in [5.41, 5.74) is 9.88. The van der Waals surface area contributed by atoms with E-state index in [0.717, 1.165) is 63.3 Å². The molecule has 0 fully saturated rings. The van der Waals surface area contributed by atoms with E-state index in [1.54, 1.807) is 0 Å². The van der Waals surface area contributed by atoms with E-state index in [1.807, 2.05) is 41.2 Å². The standard InChI is InChI=1S/C45H46N4O.Pt/c1-7-13-30(3)25-31(4)36-19-22-42-41(27-36)40-21-20-39(29-43(40)48(42)44-26-34(14-8-2)23-24-46-44)50-38-18-12-17-37(28-38)49-33(6)45(32(5)47-49)35-15-10-9-11-16-35;/h9-12,15-24,26-27,30-31H,7-8,13-14,25H2,1-6H3;/q-2;+2. The number of nitrogens with zero attached hydrogens (tertiary/aromatic N) is 4. The summed E-state index contributed by atoms with van der Waals surface area (Å²) in [5.74, 6) is 3.31. The molecule has 2 atom stereocenters. The van der Waals surface area contributed by atoms with Crippen LogP contribution in [-0.4, -0.2) is 19.3 Å². The van der Waals surface area contributed by atoms with Crippen LogP contribution in [0.25, 0.3) is 44.4 Å². The fourth-order valence-electron chi connectivity index (χ4n) is 7.56. The van der Waals surface area contributed by atoms with E-state index in [1.165, 1.54) is 35.8 Å². The van der Waals surface area contributed by atoms with Gasteiger partial charge in [0.25, 0.3) is 0 Å². The maximum atomic E-state index is 6.50. The van der Waals surface area contributed by atoms with Gasteiger partial charge in [-0.15, -0.1) is 35.7 Å². The quantitative estimate of drug-likeness (QED) is 0.115. The Kier molecular flexibility index (Phi) is 11.3. The molecule has 0 amide bonds. The molecule has 0 saturated carbocycles. The van der Waals surface area contributed by atoms with Gasteiger partial charge in [0.05, 0.1) is 5.69 Å². The molecule has 7 aromatic rings. The topological polar surface area (TPSA) is 44.9 Å². The Labute approximate surface area is 317 Å². The van der Waals surface area contributed by atoms with Crippen LogP contribution in [0.4, 0.5) is 0 Å². The average Bonchev–Trinajstić information content (AvgIpc) is 3.61. The van der Waals surface area contributed by atoms with Gasteiger partial charge in [0.2, 0.25) is 0 Å². The van der Waals surface area contributed by atoms with E-state index in [4.69, 9.17) is 14.8 Å². The summed E-state index contributed by atoms with van der Waals surface area (Å²) < 4.78 is 10.7. The normalized spacial score (nSPS) is 12.6. The zero-order valence-electron chi connectivity index (χ0n) is 30.4. The first-order valence-corrected chi connectivity index (χ1v) is 18.1. The summed E-state index contributed by atoms with van der Waals surface area (Å²) >= 11 is 0. The van der Waals surface area contributed by atoms with Crippen LogP contribution in [0.1, 0.15) is 81.8 Å². The number of aryl methyl sites for hydroxylation is 2. The fourth-order valence-corrected chi connectivity index (χ4v) is 7.56. The Hall–Kier alpha value is -4.47. The van der Waals surface area contributed by atoms with E-state index < -0.39 is 0 Å². The maximum absolute atomic E-state index is 6.50. The van der Waals surface area contributed by atoms with Crippen LogP contribution in [0.15, 0.2) is 97.2 Å². The Morgan fingerprint density at radius 3 is 2.39 bits per heavy atom. The number of hydrogen-bond acceptors (Lipinski definition) is 3. The van der Waals surface area contributed by atoms with E-state index in [-0.39, 0.29) is 21.1 Å². The van der Waals surface area contributed by atoms with Crippen LogP contribution < -0.4 is 4.74 Å². The largest absolute Gasteiger partial charge is 2.00 e. The van der Waals surface area contributed by atoms with Crippen molar-refractivity contribution in [2.45, 2.75) is 79.6 Å². The summed E-state index contributed by atoms with van der Waals surface area (Å²) in [6, 6.07) is 38.9. The monoisotopic (exact) mass is 853 g/mol. The number of ether oxygens (including phenoxy) is 1. The average molecular weight is 854 g/mol. The fraction of sp³-hybridized carbons (Fsp3) is 0.289. The van der Waals surface area contributed by atoms with Gasteiger partial charge in [0.1, 0.15) is 5.82 Å². The molecule has 0 spiro atoms. The van der Waals surface area contributed by atoms with Crippen molar-refractivity contribution < 1.29 is 25.8 Å². The molecule has 7 rings (SSSR count). The second-order valence-electron chi connectivity index (χ2n) is 13.8. The smallest absolute Gasteiger partial charge is 0.509 e. The van der Waals surface area contributed by atoms with Crippen molar-refractivity contribution in [3.63, 3.8) is 0 Å². The molecular formula is C45H46N4OPt. The van der Waals surface area contributed by atoms with E-state index in [0.29, 0.717) is 23.3 Å². The van der Waals surface area contributed by atoms with E-state index in [2.05, 4.69) is 119 Å². The summed E-state index contributed by atoms with van der Waals surface area (Å²) in [6.07, 6.45) is 7.69. The molecule has 6 heteroatoms. The minimum Gasteiger partial charge on any atom is -0.509 e. The molecule has 4 aromatic carbocycles. The Balaban J connectivity index is 0.00000448. The van der Waals surface area contributed by atoms with Gasteiger partial charge in [0.15, 0.2) is 0 Å². The van der Waals surface area contributed by atoms with Gasteiger partial charge in [-0.3, -0.25) is 4.68 Å². The summed E-state index contributed by atoms with van der Waals surface area (Å²) in [7, 11) is 0. The van der Waals surface area contributed by atoms with Gasteiger partial charge >= 0.3 is 21.1 Å². The number of hydrogen-bond donors (Lipinski definition) is 0. The Bertz CT molecular complexity index is 2270. The molecule has 0 saturated heterocycles. The molecule has 0 aliphatic heterocycles. The number of aromatic nitrogens is 4. The molecular weight excluding hydrogens is 808 g/mol. The van der Waals surface area contributed by atoms with Gasteiger partial charge in [-0.2, -0.15) is 17.2 Å². The number of rotatable bonds is 12. The molecule has 51 heavy (non-hydrogen) atoms. The molecule has 0 bridgehead atoms. The van der Waals surface area contributed by atoms with Crippen LogP contribution >= 0.6 is 0 Å². The minimum absolute atomic E-state index is 0. The number of benzene rings is 4. The molecule has 2 unspecified atom stereocenters. The van der Waals surface area contributed by atoms with Gasteiger partial charge in [-0.25, -0.2) is 4.98 Å². The van der Waals surface area contributed by atoms with Gasteiger partial charge in [-0.05, 0) is 84.5 Å². The SMILES string of the molecule is CCCc1ccnc(-n2c3[c-]c(Oc4[c-]c(-n5nc(C)c(-c6ccccc6)c5C)ccc4)ccc3c3cc(C(C)CC(C)CCC)ccc32)c1.[Pt+2]. The number of fused-ring (bicyclic) bond motifs is 3. The van der Waals surface area contributed by atoms with Crippen molar-refractivity contribution in [2.24, 2.45) is 5.92 Å². The van der Waals surface area contributed by atoms with Crippen molar-refractivity contribution >= 4 is 21.8 Å². The predicted molar refractivity (Wildman–Crippen MR) is 206 cm³/mol. The zero-order valence-corrected chi connectivity index (χ0v) is 32.7. The first-order valence-electron chi connectivity index (χ1n) is 18.1. The van der Waals surface area contributed by atoms with Crippen molar-refractivity contribution in [3.8, 4) is 34.1 Å². The zero-order chi connectivity index (χ0) is 34.8. The molecule has 0 N–H and O–H groups in total. The maximum Gasteiger partial charge on any atom is 2.00 e. The second-order valence-corrected chi connectivity index (χ2v) is 13.8. The minimum atomic E-state index is 0. The van der Waals surface area contributed by atoms with E-state index in [9.17, 15) is 0 Å². The molecule has 0 aliphatic carbocycles. The molecule has 3 aromatic heterocycles. The van der Waals surface area contributed by atoms with Crippen molar-refractivity contribution in [2.75, 3.05) is 0 Å². The van der Waals surface area contributed by atoms with Crippen molar-refractivity contribution in [1.82, 2.24) is 19.3 Å². The number of pyridine rings is 1. The third-order valence-electron chi connectivity index (χ3n) is 9.91. The predicted octanol–water partition coefficient (Wildman–Crippen LogP) is 11.9. The summed E-state index contributed by atoms with van der Waals surface area (Å²) in [6.45, 7) is 13.4. The molecule has 3 heterocycles. The van der Waals surface area contributed by atoms with Gasteiger partial charge in [-0.1, -0.05) is 94.9 Å². The van der Waals surface area contributed by atoms with Gasteiger partial charge < -0.3 is 9.30 Å². The van der Waals surface area contributed by atoms with Crippen LogP contribution in [0.5, 0.6) is 11.5 Å². The van der Waals surface area contributed by atoms with Crippen LogP contribution in [0.3, 0.4) is 0 Å². The van der Waals surface area contributed by atoms with Crippen LogP contribution in [-0.2, 0) is 27.5 Å². The molecule has 0 radical (unpaired) electrons. The van der Waals surface area contributed by atoms with E-state index >= 15 is 0 Å². The third kappa shape index (κ3) is 7.46. The molecule has 0 aliphatic rings. The summed E-state index contributed by atoms with van der Waals surface area (Å²) in [4.78, 5) is 4.87. The first-order chi connectivity index (χ1) is 24.3. The van der Waals surface area contributed by atoms with Crippen LogP contribution in [0.2, 0.25) is 0 Å². The summed E-state index contributed by atoms with van der Waals surface area (Å²) in [5, 5.41) is 7.24. The van der Waals surface area contributed by atoms with Gasteiger partial charge in [0, 0.05) is 34.5 Å². The second kappa shape index (κ2) is 15.8.